The van der Waals surface area contributed by atoms with Crippen LogP contribution in [0, 0.1) is 6.92 Å². The zero-order chi connectivity index (χ0) is 20.6. The van der Waals surface area contributed by atoms with E-state index in [2.05, 4.69) is 0 Å². The van der Waals surface area contributed by atoms with Gasteiger partial charge in [0, 0.05) is 36.5 Å². The third-order valence-electron chi connectivity index (χ3n) is 5.72. The topological polar surface area (TPSA) is 55.8 Å². The summed E-state index contributed by atoms with van der Waals surface area (Å²) in [5.41, 5.74) is 1.51. The lowest BCUT2D eigenvalue weighted by molar-refractivity contribution is -0.00574. The fourth-order valence-electron chi connectivity index (χ4n) is 4.08. The lowest BCUT2D eigenvalue weighted by Crippen LogP contribution is -2.52. The van der Waals surface area contributed by atoms with Crippen molar-refractivity contribution in [3.05, 3.63) is 58.1 Å². The SMILES string of the molecule is CCOc1cccc(C(=O)N2CCC3(CC2)CC(=O)c2cc(Cl)c(C)cc2O3)c1. The fraction of sp³-hybridized carbons (Fsp3) is 0.391. The molecule has 1 saturated heterocycles. The minimum atomic E-state index is -0.547. The Bertz CT molecular complexity index is 963. The number of likely N-dealkylation sites (tertiary alicyclic amines) is 1. The lowest BCUT2D eigenvalue weighted by atomic mass is 9.82. The fourth-order valence-corrected chi connectivity index (χ4v) is 4.24. The summed E-state index contributed by atoms with van der Waals surface area (Å²) in [5, 5.41) is 0.575. The smallest absolute Gasteiger partial charge is 0.253 e. The van der Waals surface area contributed by atoms with Gasteiger partial charge in [-0.3, -0.25) is 9.59 Å². The van der Waals surface area contributed by atoms with Crippen molar-refractivity contribution in [2.45, 2.75) is 38.7 Å². The Morgan fingerprint density at radius 3 is 2.72 bits per heavy atom. The second kappa shape index (κ2) is 7.71. The number of Topliss-reactive ketones (excluding diaryl/α,β-unsaturated/α-hetero) is 1. The minimum absolute atomic E-state index is 0.0217. The van der Waals surface area contributed by atoms with E-state index in [-0.39, 0.29) is 11.7 Å². The summed E-state index contributed by atoms with van der Waals surface area (Å²) in [4.78, 5) is 27.5. The number of amides is 1. The summed E-state index contributed by atoms with van der Waals surface area (Å²) in [6, 6.07) is 10.8. The molecular formula is C23H24ClNO4. The molecule has 1 spiro atoms. The van der Waals surface area contributed by atoms with Crippen molar-refractivity contribution in [1.82, 2.24) is 4.90 Å². The van der Waals surface area contributed by atoms with Gasteiger partial charge < -0.3 is 14.4 Å². The lowest BCUT2D eigenvalue weighted by Gasteiger charge is -2.44. The van der Waals surface area contributed by atoms with Gasteiger partial charge in [-0.2, -0.15) is 0 Å². The predicted octanol–water partition coefficient (Wildman–Crippen LogP) is 4.69. The second-order valence-electron chi connectivity index (χ2n) is 7.74. The first kappa shape index (κ1) is 19.8. The maximum atomic E-state index is 12.9. The van der Waals surface area contributed by atoms with Crippen molar-refractivity contribution in [3.8, 4) is 11.5 Å². The minimum Gasteiger partial charge on any atom is -0.494 e. The first-order chi connectivity index (χ1) is 13.9. The summed E-state index contributed by atoms with van der Waals surface area (Å²) < 4.78 is 11.8. The van der Waals surface area contributed by atoms with Crippen LogP contribution in [0.25, 0.3) is 0 Å². The molecule has 2 aromatic rings. The summed E-state index contributed by atoms with van der Waals surface area (Å²) in [7, 11) is 0. The zero-order valence-electron chi connectivity index (χ0n) is 16.7. The van der Waals surface area contributed by atoms with E-state index >= 15 is 0 Å². The highest BCUT2D eigenvalue weighted by Crippen LogP contribution is 2.41. The number of halogens is 1. The molecule has 29 heavy (non-hydrogen) atoms. The van der Waals surface area contributed by atoms with Crippen molar-refractivity contribution in [1.29, 1.82) is 0 Å². The third-order valence-corrected chi connectivity index (χ3v) is 6.13. The molecule has 6 heteroatoms. The van der Waals surface area contributed by atoms with Gasteiger partial charge in [0.1, 0.15) is 17.1 Å². The molecule has 0 saturated carbocycles. The number of hydrogen-bond acceptors (Lipinski definition) is 4. The molecule has 2 aromatic carbocycles. The molecule has 0 aromatic heterocycles. The van der Waals surface area contributed by atoms with Crippen LogP contribution < -0.4 is 9.47 Å². The Morgan fingerprint density at radius 1 is 1.24 bits per heavy atom. The average Bonchev–Trinajstić information content (AvgIpc) is 2.70. The largest absolute Gasteiger partial charge is 0.494 e. The van der Waals surface area contributed by atoms with Crippen molar-refractivity contribution in [2.24, 2.45) is 0 Å². The van der Waals surface area contributed by atoms with Gasteiger partial charge in [-0.05, 0) is 49.7 Å². The van der Waals surface area contributed by atoms with Crippen molar-refractivity contribution < 1.29 is 19.1 Å². The summed E-state index contributed by atoms with van der Waals surface area (Å²) >= 11 is 6.17. The van der Waals surface area contributed by atoms with Crippen LogP contribution in [0.2, 0.25) is 5.02 Å². The number of fused-ring (bicyclic) bond motifs is 1. The predicted molar refractivity (Wildman–Crippen MR) is 111 cm³/mol. The van der Waals surface area contributed by atoms with Gasteiger partial charge in [-0.25, -0.2) is 0 Å². The quantitative estimate of drug-likeness (QED) is 0.732. The zero-order valence-corrected chi connectivity index (χ0v) is 17.4. The summed E-state index contributed by atoms with van der Waals surface area (Å²) in [6.07, 6.45) is 1.56. The van der Waals surface area contributed by atoms with Gasteiger partial charge >= 0.3 is 0 Å². The van der Waals surface area contributed by atoms with E-state index in [1.807, 2.05) is 36.9 Å². The highest BCUT2D eigenvalue weighted by Gasteiger charge is 2.44. The molecular weight excluding hydrogens is 390 g/mol. The van der Waals surface area contributed by atoms with E-state index in [1.54, 1.807) is 18.2 Å². The van der Waals surface area contributed by atoms with Crippen LogP contribution in [0.1, 0.15) is 52.5 Å². The maximum absolute atomic E-state index is 12.9. The highest BCUT2D eigenvalue weighted by molar-refractivity contribution is 6.31. The van der Waals surface area contributed by atoms with Crippen LogP contribution >= 0.6 is 11.6 Å². The molecule has 1 amide bonds. The normalized spacial score (nSPS) is 17.6. The number of carbonyl (C=O) groups is 2. The molecule has 2 heterocycles. The highest BCUT2D eigenvalue weighted by atomic mass is 35.5. The molecule has 152 valence electrons. The van der Waals surface area contributed by atoms with Gasteiger partial charge in [0.15, 0.2) is 5.78 Å². The third kappa shape index (κ3) is 3.84. The first-order valence-electron chi connectivity index (χ1n) is 9.95. The van der Waals surface area contributed by atoms with Crippen LogP contribution in [0.4, 0.5) is 0 Å². The number of carbonyl (C=O) groups excluding carboxylic acids is 2. The molecule has 4 rings (SSSR count). The number of benzene rings is 2. The van der Waals surface area contributed by atoms with Crippen LogP contribution in [0.3, 0.4) is 0 Å². The molecule has 0 radical (unpaired) electrons. The van der Waals surface area contributed by atoms with Crippen molar-refractivity contribution >= 4 is 23.3 Å². The van der Waals surface area contributed by atoms with E-state index in [0.717, 1.165) is 5.56 Å². The molecule has 0 bridgehead atoms. The molecule has 1 fully saturated rings. The van der Waals surface area contributed by atoms with Gasteiger partial charge in [-0.1, -0.05) is 17.7 Å². The molecule has 0 unspecified atom stereocenters. The van der Waals surface area contributed by atoms with E-state index in [1.165, 1.54) is 0 Å². The van der Waals surface area contributed by atoms with Crippen molar-refractivity contribution in [3.63, 3.8) is 0 Å². The molecule has 0 N–H and O–H groups in total. The molecule has 2 aliphatic heterocycles. The Balaban J connectivity index is 1.48. The second-order valence-corrected chi connectivity index (χ2v) is 8.14. The number of ketones is 1. The van der Waals surface area contributed by atoms with E-state index in [0.29, 0.717) is 66.6 Å². The number of rotatable bonds is 3. The molecule has 2 aliphatic rings. The summed E-state index contributed by atoms with van der Waals surface area (Å²) in [5.74, 6) is 1.33. The number of piperidine rings is 1. The van der Waals surface area contributed by atoms with Crippen LogP contribution in [0.15, 0.2) is 36.4 Å². The number of hydrogen-bond donors (Lipinski definition) is 0. The Kier molecular flexibility index (Phi) is 5.26. The maximum Gasteiger partial charge on any atom is 0.253 e. The van der Waals surface area contributed by atoms with Gasteiger partial charge in [0.05, 0.1) is 18.6 Å². The summed E-state index contributed by atoms with van der Waals surface area (Å²) in [6.45, 7) is 5.47. The average molecular weight is 414 g/mol. The van der Waals surface area contributed by atoms with Crippen LogP contribution in [-0.4, -0.2) is 41.9 Å². The van der Waals surface area contributed by atoms with E-state index in [4.69, 9.17) is 21.1 Å². The molecule has 5 nitrogen and oxygen atoms in total. The van der Waals surface area contributed by atoms with Gasteiger partial charge in [-0.15, -0.1) is 0 Å². The van der Waals surface area contributed by atoms with Crippen LogP contribution in [-0.2, 0) is 0 Å². The molecule has 0 atom stereocenters. The number of aryl methyl sites for hydroxylation is 1. The van der Waals surface area contributed by atoms with Crippen molar-refractivity contribution in [2.75, 3.05) is 19.7 Å². The Hall–Kier alpha value is -2.53. The Morgan fingerprint density at radius 2 is 2.00 bits per heavy atom. The van der Waals surface area contributed by atoms with Gasteiger partial charge in [0.25, 0.3) is 5.91 Å². The molecule has 0 aliphatic carbocycles. The standard InChI is InChI=1S/C23H24ClNO4/c1-3-28-17-6-4-5-16(12-17)22(27)25-9-7-23(8-10-25)14-20(26)18-13-19(24)15(2)11-21(18)29-23/h4-6,11-13H,3,7-10,14H2,1-2H3. The van der Waals surface area contributed by atoms with Crippen LogP contribution in [0.5, 0.6) is 11.5 Å². The van der Waals surface area contributed by atoms with Gasteiger partial charge in [0.2, 0.25) is 0 Å². The van der Waals surface area contributed by atoms with E-state index in [9.17, 15) is 9.59 Å². The Labute approximate surface area is 175 Å². The monoisotopic (exact) mass is 413 g/mol. The first-order valence-corrected chi connectivity index (χ1v) is 10.3. The number of nitrogens with zero attached hydrogens (tertiary/aromatic N) is 1. The number of ether oxygens (including phenoxy) is 2. The van der Waals surface area contributed by atoms with E-state index < -0.39 is 5.60 Å².